The van der Waals surface area contributed by atoms with Crippen LogP contribution >= 0.6 is 7.82 Å². The molecule has 0 bridgehead atoms. The first-order valence-electron chi connectivity index (χ1n) is 3.94. The summed E-state index contributed by atoms with van der Waals surface area (Å²) in [5, 5.41) is 18.7. The van der Waals surface area contributed by atoms with Gasteiger partial charge in [0.25, 0.3) is 0 Å². The van der Waals surface area contributed by atoms with Crippen LogP contribution in [0.3, 0.4) is 0 Å². The molecule has 8 nitrogen and oxygen atoms in total. The van der Waals surface area contributed by atoms with E-state index in [1.807, 2.05) is 0 Å². The molecule has 2 atom stereocenters. The summed E-state index contributed by atoms with van der Waals surface area (Å²) in [4.78, 5) is 20.3. The van der Waals surface area contributed by atoms with Gasteiger partial charge in [0.1, 0.15) is 6.10 Å². The van der Waals surface area contributed by atoms with Crippen LogP contribution in [0.15, 0.2) is 18.7 Å². The van der Waals surface area contributed by atoms with Crippen LogP contribution in [0.5, 0.6) is 0 Å². The highest BCUT2D eigenvalue weighted by molar-refractivity contribution is 7.46. The van der Waals surface area contributed by atoms with Crippen LogP contribution < -0.4 is 0 Å². The third-order valence-corrected chi connectivity index (χ3v) is 2.07. The maximum absolute atomic E-state index is 10.3. The third-order valence-electron chi connectivity index (χ3n) is 1.59. The zero-order chi connectivity index (χ0) is 11.5. The van der Waals surface area contributed by atoms with E-state index in [2.05, 4.69) is 9.51 Å². The number of aromatic nitrogens is 2. The molecule has 9 heteroatoms. The number of phosphoric acid groups is 1. The molecule has 15 heavy (non-hydrogen) atoms. The van der Waals surface area contributed by atoms with E-state index < -0.39 is 26.8 Å². The largest absolute Gasteiger partial charge is 0.469 e. The highest BCUT2D eigenvalue weighted by Crippen LogP contribution is 2.36. The second-order valence-electron chi connectivity index (χ2n) is 2.78. The van der Waals surface area contributed by atoms with Crippen LogP contribution in [0.2, 0.25) is 0 Å². The number of aliphatic hydroxyl groups excluding tert-OH is 2. The molecule has 0 saturated carbocycles. The molecule has 0 fully saturated rings. The van der Waals surface area contributed by atoms with Gasteiger partial charge < -0.3 is 24.6 Å². The van der Waals surface area contributed by atoms with E-state index >= 15 is 0 Å². The van der Waals surface area contributed by atoms with E-state index in [0.717, 1.165) is 0 Å². The van der Waals surface area contributed by atoms with E-state index in [4.69, 9.17) is 9.79 Å². The van der Waals surface area contributed by atoms with E-state index in [0.29, 0.717) is 0 Å². The van der Waals surface area contributed by atoms with E-state index in [1.165, 1.54) is 23.3 Å². The normalized spacial score (nSPS) is 16.3. The van der Waals surface area contributed by atoms with Gasteiger partial charge in [0.2, 0.25) is 0 Å². The Balaban J connectivity index is 2.47. The van der Waals surface area contributed by atoms with Gasteiger partial charge in [-0.3, -0.25) is 4.52 Å². The van der Waals surface area contributed by atoms with Gasteiger partial charge in [0.15, 0.2) is 6.23 Å². The lowest BCUT2D eigenvalue weighted by Crippen LogP contribution is -2.27. The molecular formula is C6H11N2O6P. The fraction of sp³-hybridized carbons (Fsp3) is 0.500. The minimum atomic E-state index is -4.63. The monoisotopic (exact) mass is 238 g/mol. The molecule has 0 aliphatic rings. The van der Waals surface area contributed by atoms with Crippen LogP contribution in [0.4, 0.5) is 0 Å². The lowest BCUT2D eigenvalue weighted by Gasteiger charge is -2.18. The Kier molecular flexibility index (Phi) is 3.97. The summed E-state index contributed by atoms with van der Waals surface area (Å²) < 4.78 is 15.5. The molecule has 1 aromatic heterocycles. The minimum absolute atomic E-state index is 0.677. The summed E-state index contributed by atoms with van der Waals surface area (Å²) in [6.45, 7) is -0.677. The van der Waals surface area contributed by atoms with Gasteiger partial charge in [-0.1, -0.05) is 0 Å². The predicted octanol–water partition coefficient (Wildman–Crippen LogP) is -1.16. The molecule has 0 aliphatic heterocycles. The molecule has 86 valence electrons. The Morgan fingerprint density at radius 1 is 1.47 bits per heavy atom. The standard InChI is InChI=1S/C6H11N2O6P/c9-5(3-14-15(11,12)13)6(10)8-2-1-7-4-8/h1-2,4-6,9-10H,3H2,(H2,11,12,13)/t5-,6+/m1/s1. The lowest BCUT2D eigenvalue weighted by molar-refractivity contribution is -0.0526. The number of nitrogens with zero attached hydrogens (tertiary/aromatic N) is 2. The Hall–Kier alpha value is -0.760. The molecule has 0 radical (unpaired) electrons. The number of hydrogen-bond donors (Lipinski definition) is 4. The van der Waals surface area contributed by atoms with Crippen molar-refractivity contribution in [3.05, 3.63) is 18.7 Å². The Bertz CT molecular complexity index is 335. The highest BCUT2D eigenvalue weighted by atomic mass is 31.2. The quantitative estimate of drug-likeness (QED) is 0.477. The topological polar surface area (TPSA) is 125 Å². The van der Waals surface area contributed by atoms with Gasteiger partial charge in [-0.15, -0.1) is 0 Å². The average Bonchev–Trinajstić information content (AvgIpc) is 2.64. The number of imidazole rings is 1. The molecule has 4 N–H and O–H groups in total. The molecule has 0 aromatic carbocycles. The maximum Gasteiger partial charge on any atom is 0.469 e. The fourth-order valence-electron chi connectivity index (χ4n) is 0.884. The van der Waals surface area contributed by atoms with Crippen LogP contribution in [0.25, 0.3) is 0 Å². The van der Waals surface area contributed by atoms with Crippen LogP contribution in [0, 0.1) is 0 Å². The number of hydrogen-bond acceptors (Lipinski definition) is 5. The molecule has 1 heterocycles. The molecule has 0 unspecified atom stereocenters. The molecule has 1 rings (SSSR count). The SMILES string of the molecule is O=P(O)(O)OC[C@@H](O)[C@H](O)n1ccnc1. The zero-order valence-electron chi connectivity index (χ0n) is 7.54. The Labute approximate surface area is 85.0 Å². The van der Waals surface area contributed by atoms with Crippen molar-refractivity contribution in [2.45, 2.75) is 12.3 Å². The number of rotatable bonds is 5. The Morgan fingerprint density at radius 2 is 2.13 bits per heavy atom. The molecular weight excluding hydrogens is 227 g/mol. The van der Waals surface area contributed by atoms with E-state index in [9.17, 15) is 14.8 Å². The summed E-state index contributed by atoms with van der Waals surface area (Å²) >= 11 is 0. The second-order valence-corrected chi connectivity index (χ2v) is 4.02. The predicted molar refractivity (Wildman–Crippen MR) is 47.5 cm³/mol. The van der Waals surface area contributed by atoms with Gasteiger partial charge in [0, 0.05) is 12.4 Å². The first-order chi connectivity index (χ1) is 6.90. The van der Waals surface area contributed by atoms with Crippen molar-refractivity contribution >= 4 is 7.82 Å². The van der Waals surface area contributed by atoms with Gasteiger partial charge in [-0.05, 0) is 0 Å². The summed E-state index contributed by atoms with van der Waals surface area (Å²) in [5.41, 5.74) is 0. The van der Waals surface area contributed by atoms with Crippen LogP contribution in [-0.4, -0.2) is 42.3 Å². The van der Waals surface area contributed by atoms with Crippen molar-refractivity contribution in [3.63, 3.8) is 0 Å². The smallest absolute Gasteiger partial charge is 0.386 e. The van der Waals surface area contributed by atoms with Crippen molar-refractivity contribution in [3.8, 4) is 0 Å². The van der Waals surface area contributed by atoms with Crippen molar-refractivity contribution in [2.75, 3.05) is 6.61 Å². The number of phosphoric ester groups is 1. The first-order valence-corrected chi connectivity index (χ1v) is 5.47. The zero-order valence-corrected chi connectivity index (χ0v) is 8.44. The van der Waals surface area contributed by atoms with Gasteiger partial charge in [0.05, 0.1) is 12.9 Å². The van der Waals surface area contributed by atoms with Crippen LogP contribution in [0.1, 0.15) is 6.23 Å². The average molecular weight is 238 g/mol. The summed E-state index contributed by atoms with van der Waals surface area (Å²) in [6.07, 6.45) is 1.22. The van der Waals surface area contributed by atoms with E-state index in [1.54, 1.807) is 0 Å². The second kappa shape index (κ2) is 4.84. The van der Waals surface area contributed by atoms with Crippen molar-refractivity contribution < 1.29 is 29.1 Å². The fourth-order valence-corrected chi connectivity index (χ4v) is 1.23. The van der Waals surface area contributed by atoms with Crippen molar-refractivity contribution in [1.82, 2.24) is 9.55 Å². The Morgan fingerprint density at radius 3 is 2.60 bits per heavy atom. The van der Waals surface area contributed by atoms with Crippen molar-refractivity contribution in [2.24, 2.45) is 0 Å². The van der Waals surface area contributed by atoms with Gasteiger partial charge >= 0.3 is 7.82 Å². The summed E-state index contributed by atoms with van der Waals surface area (Å²) in [6, 6.07) is 0. The first kappa shape index (κ1) is 12.3. The molecule has 0 spiro atoms. The number of aliphatic hydroxyl groups is 2. The summed E-state index contributed by atoms with van der Waals surface area (Å²) in [7, 11) is -4.63. The van der Waals surface area contributed by atoms with E-state index in [-0.39, 0.29) is 0 Å². The van der Waals surface area contributed by atoms with Gasteiger partial charge in [-0.25, -0.2) is 9.55 Å². The molecule has 0 amide bonds. The molecule has 0 aliphatic carbocycles. The van der Waals surface area contributed by atoms with Gasteiger partial charge in [-0.2, -0.15) is 0 Å². The minimum Gasteiger partial charge on any atom is -0.386 e. The van der Waals surface area contributed by atoms with Crippen molar-refractivity contribution in [1.29, 1.82) is 0 Å². The maximum atomic E-state index is 10.3. The highest BCUT2D eigenvalue weighted by Gasteiger charge is 2.22. The third kappa shape index (κ3) is 4.08. The molecule has 1 aromatic rings. The lowest BCUT2D eigenvalue weighted by atomic mass is 10.3. The summed E-state index contributed by atoms with van der Waals surface area (Å²) in [5.74, 6) is 0. The van der Waals surface area contributed by atoms with Crippen LogP contribution in [-0.2, 0) is 9.09 Å². The molecule has 0 saturated heterocycles.